The second-order valence-corrected chi connectivity index (χ2v) is 37.4. The van der Waals surface area contributed by atoms with E-state index >= 15 is 0 Å². The molecule has 0 spiro atoms. The third-order valence-corrected chi connectivity index (χ3v) is 26.3. The molecule has 0 bridgehead atoms. The first-order valence-corrected chi connectivity index (χ1v) is 48.0. The first kappa shape index (κ1) is 130. The fourth-order valence-corrected chi connectivity index (χ4v) is 17.3. The van der Waals surface area contributed by atoms with Crippen molar-refractivity contribution >= 4 is 70.2 Å². The first-order valence-electron chi connectivity index (χ1n) is 47.0. The number of amides is 4. The van der Waals surface area contributed by atoms with E-state index in [1.165, 1.54) is 6.92 Å². The molecule has 3 saturated carbocycles. The summed E-state index contributed by atoms with van der Waals surface area (Å²) in [6, 6.07) is -12.0. The maximum Gasteiger partial charge on any atom is 0.373 e. The highest BCUT2D eigenvalue weighted by Gasteiger charge is 2.58. The minimum Gasteiger partial charge on any atom is -0.480 e. The molecule has 3 aliphatic carbocycles. The van der Waals surface area contributed by atoms with Crippen molar-refractivity contribution < 1.29 is 227 Å². The molecule has 7 heterocycles. The number of Topliss-reactive ketones (excluding diaryl/α,β-unsaturated/α-hetero) is 2. The van der Waals surface area contributed by atoms with Gasteiger partial charge in [0.1, 0.15) is 201 Å². The SMILES string of the molecule is CC(=O)CCCSC(=O)[C@@H](O)CC(=O)CC[C@H](N)C(=O)O.NCC[C@H](O)C(=O)N[C@@H]1CC(N)[C@@H](O[C@H]2OC(CO)[C@@H](O)[C@H](O)C2N)[C@H](O[C@@H]2O[C@H](CN)[C@H](O)C2O)C1O.NC[C@H]1O[C@@H](O[C@@H]2C(O)[C@H](N)CC(N)[C@H]2O[C@H]2OC(CO)[C@@H](O)[C@H](O)C2N)C(O)[C@H]1O.NC[C@H]1O[C@@H](O[C@@H]2C(O)[C@H](NC(=O)[C@@H](O)CCNC(=O)CC[C@H](N)C(=O)O)CC(N)[C@H]2O[C@H]2OC(CO)[C@@H](O)[C@H](O)C2N)C(O)[C@H]1O.O=C1CCCN1.O=C=O. The van der Waals surface area contributed by atoms with Crippen LogP contribution < -0.4 is 95.8 Å². The number of thioether (sulfide) groups is 1. The molecule has 10 aliphatic rings. The van der Waals surface area contributed by atoms with Gasteiger partial charge in [0.15, 0.2) is 37.7 Å². The number of hydrogen-bond acceptors (Lipinski definition) is 58. The zero-order valence-electron chi connectivity index (χ0n) is 79.7. The van der Waals surface area contributed by atoms with E-state index in [9.17, 15) is 150 Å². The van der Waals surface area contributed by atoms with Crippen molar-refractivity contribution in [2.24, 2.45) is 74.5 Å². The second-order valence-electron chi connectivity index (χ2n) is 36.3. The molecular weight excluding hydrogens is 1990 g/mol. The Morgan fingerprint density at radius 2 is 0.767 bits per heavy atom. The monoisotopic (exact) mass is 2140 g/mol. The number of nitrogens with two attached hydrogens (primary N) is 13. The number of aliphatic hydroxyl groups is 21. The van der Waals surface area contributed by atoms with Crippen molar-refractivity contribution in [1.29, 1.82) is 0 Å². The first-order chi connectivity index (χ1) is 68.7. The number of rotatable bonds is 42. The Morgan fingerprint density at radius 1 is 0.432 bits per heavy atom. The average Bonchev–Trinajstić information content (AvgIpc) is 1.39. The number of aliphatic carboxylic acids is 2. The van der Waals surface area contributed by atoms with E-state index in [0.717, 1.165) is 31.1 Å². The van der Waals surface area contributed by atoms with E-state index in [-0.39, 0.29) is 115 Å². The van der Waals surface area contributed by atoms with Crippen LogP contribution in [0.25, 0.3) is 0 Å². The molecule has 7 saturated heterocycles. The Morgan fingerprint density at radius 3 is 1.08 bits per heavy atom. The largest absolute Gasteiger partial charge is 0.480 e. The lowest BCUT2D eigenvalue weighted by Crippen LogP contribution is -2.69. The molecular formula is C82H151N17O46S. The summed E-state index contributed by atoms with van der Waals surface area (Å²) in [5.74, 6) is -4.50. The summed E-state index contributed by atoms with van der Waals surface area (Å²) in [6.45, 7) is -0.132. The van der Waals surface area contributed by atoms with Crippen LogP contribution in [0.2, 0.25) is 0 Å². The summed E-state index contributed by atoms with van der Waals surface area (Å²) in [5, 5.41) is 241. The van der Waals surface area contributed by atoms with Gasteiger partial charge in [-0.2, -0.15) is 9.59 Å². The maximum atomic E-state index is 12.8. The minimum absolute atomic E-state index is 0.0239. The van der Waals surface area contributed by atoms with E-state index in [4.69, 9.17) is 151 Å². The smallest absolute Gasteiger partial charge is 0.373 e. The van der Waals surface area contributed by atoms with Gasteiger partial charge in [0.25, 0.3) is 0 Å². The van der Waals surface area contributed by atoms with Crippen LogP contribution in [-0.4, -0.2) is 528 Å². The molecule has 47 atom stereocenters. The molecule has 10 rings (SSSR count). The lowest BCUT2D eigenvalue weighted by Gasteiger charge is -2.47. The number of carboxylic acids is 2. The molecule has 0 aromatic heterocycles. The lowest BCUT2D eigenvalue weighted by molar-refractivity contribution is -0.310. The minimum atomic E-state index is -1.66. The topological polar surface area (TPSA) is 1150 Å². The second kappa shape index (κ2) is 63.4. The highest BCUT2D eigenvalue weighted by atomic mass is 32.2. The molecule has 10 fully saturated rings. The fraction of sp³-hybridized carbons (Fsp3) is 0.878. The summed E-state index contributed by atoms with van der Waals surface area (Å²) < 4.78 is 68.0. The molecule has 63 nitrogen and oxygen atoms in total. The van der Waals surface area contributed by atoms with Crippen LogP contribution in [0.1, 0.15) is 96.8 Å². The molecule has 7 aliphatic heterocycles. The number of aliphatic hydroxyl groups excluding tert-OH is 21. The van der Waals surface area contributed by atoms with Gasteiger partial charge in [-0.3, -0.25) is 38.4 Å². The van der Waals surface area contributed by atoms with Crippen molar-refractivity contribution in [2.45, 2.75) is 384 Å². The summed E-state index contributed by atoms with van der Waals surface area (Å²) in [6.07, 6.45) is -48.1. The van der Waals surface area contributed by atoms with Gasteiger partial charge in [-0.1, -0.05) is 11.8 Å². The van der Waals surface area contributed by atoms with Gasteiger partial charge in [-0.05, 0) is 71.3 Å². The molecule has 146 heavy (non-hydrogen) atoms. The van der Waals surface area contributed by atoms with Gasteiger partial charge in [0, 0.05) is 94.7 Å². The van der Waals surface area contributed by atoms with E-state index in [1.54, 1.807) is 0 Å². The van der Waals surface area contributed by atoms with Crippen LogP contribution in [0.5, 0.6) is 0 Å². The normalized spacial score (nSPS) is 39.4. The van der Waals surface area contributed by atoms with Crippen molar-refractivity contribution in [3.8, 4) is 0 Å². The van der Waals surface area contributed by atoms with Crippen LogP contribution >= 0.6 is 11.8 Å². The van der Waals surface area contributed by atoms with Crippen LogP contribution in [-0.2, 0) is 110 Å². The van der Waals surface area contributed by atoms with Crippen LogP contribution in [0.4, 0.5) is 0 Å². The van der Waals surface area contributed by atoms with Crippen molar-refractivity contribution in [2.75, 3.05) is 64.8 Å². The van der Waals surface area contributed by atoms with Crippen molar-refractivity contribution in [1.82, 2.24) is 21.3 Å². The Bertz CT molecular complexity index is 3980. The van der Waals surface area contributed by atoms with E-state index < -0.39 is 348 Å². The summed E-state index contributed by atoms with van der Waals surface area (Å²) in [5.41, 5.74) is 75.4. The molecule has 0 aromatic carbocycles. The van der Waals surface area contributed by atoms with Gasteiger partial charge in [0.05, 0.1) is 56.1 Å². The van der Waals surface area contributed by atoms with Crippen LogP contribution in [0.3, 0.4) is 0 Å². The molecule has 4 amide bonds. The highest BCUT2D eigenvalue weighted by Crippen LogP contribution is 2.38. The summed E-state index contributed by atoms with van der Waals surface area (Å²) in [4.78, 5) is 118. The highest BCUT2D eigenvalue weighted by molar-refractivity contribution is 8.13. The summed E-state index contributed by atoms with van der Waals surface area (Å²) >= 11 is 0.886. The van der Waals surface area contributed by atoms with Crippen LogP contribution in [0, 0.1) is 0 Å². The Labute approximate surface area is 838 Å². The molecule has 846 valence electrons. The standard InChI is InChI=1S/C26H48N6O15.C21H41N5O12.C17H34N4O10.C13H21NO6S.C4H7NO.CO2/c27-6-12-17(37)20(40)26(44-12)47-22-16(36)10(32-23(41)11(34)3-4-31-14(35)2-1-8(28)24(42)43)5-9(29)21(22)46-25-15(30)19(39)18(38)13(7-33)45-25;22-2-1-8(28)19(34)26-7-3-6(24)17(37-20-11(25)15(32)14(31)10(5-27)36-20)18(12(7)29)38-21-16(33)13(30)9(4-23)35-21;18-2-6-10(24)13(27)17(28-6)31-15-9(23)4(19)1-5(20)14(15)30-16-8(21)12(26)11(25)7(3-22)29-16;1-8(15)3-2-6-21-13(20)11(17)7-9(16)4-5-10(14)12(18)19;6-4-2-1-3-5-4;2-1-3/h8-13,15-22,25-26,33-34,36-40H,1-7,27-30H2,(H,31,35)(H,32,41)(H,42,43);6-18,20-21,27-33H,1-5,22-25H2,(H,26,34);4-17,22-27H,1-3,18-21H2;10-11,17H,2-7,14H2,1H3,(H,18,19);1-3H2,(H,5,6);/t8-,9?,10+,11-,12+,13?,15?,16?,17-,18+,19+,20?,21+,22+,25+,26-;6?,7-,8+,9-,10?,11?,12?,13+,14-,15-,16?,17-,18-,20-,21+;4-,5?,6-,7?,8?,9?,10+,11-,12-,13?,14-,15-,16-,17+;10-,11-;;/m0110../s1. The predicted molar refractivity (Wildman–Crippen MR) is 487 cm³/mol. The molecule has 64 heteroatoms. The average molecular weight is 2140 g/mol. The zero-order chi connectivity index (χ0) is 110. The third-order valence-electron chi connectivity index (χ3n) is 25.3. The number of carboxylic acid groups (broad SMARTS) is 2. The maximum absolute atomic E-state index is 12.8. The lowest BCUT2D eigenvalue weighted by atomic mass is 9.83. The van der Waals surface area contributed by atoms with Gasteiger partial charge in [0.2, 0.25) is 28.7 Å². The van der Waals surface area contributed by atoms with Gasteiger partial charge in [-0.25, -0.2) is 0 Å². The molecule has 15 unspecified atom stereocenters. The Kier molecular flexibility index (Phi) is 56.5. The number of hydrogen-bond donors (Lipinski definition) is 40. The Balaban J connectivity index is 0.000000342. The predicted octanol–water partition coefficient (Wildman–Crippen LogP) is -23.4. The molecule has 0 aromatic rings. The van der Waals surface area contributed by atoms with Crippen molar-refractivity contribution in [3.05, 3.63) is 0 Å². The summed E-state index contributed by atoms with van der Waals surface area (Å²) in [7, 11) is 0. The van der Waals surface area contributed by atoms with Gasteiger partial charge < -0.3 is 275 Å². The van der Waals surface area contributed by atoms with Crippen molar-refractivity contribution in [3.63, 3.8) is 0 Å². The molecule has 53 N–H and O–H groups in total. The third kappa shape index (κ3) is 37.3. The number of ether oxygens (including phenoxy) is 12. The van der Waals surface area contributed by atoms with E-state index in [2.05, 4.69) is 21.3 Å². The van der Waals surface area contributed by atoms with Gasteiger partial charge >= 0.3 is 18.1 Å². The number of carbonyl (C=O) groups is 9. The fourth-order valence-electron chi connectivity index (χ4n) is 16.5. The zero-order valence-corrected chi connectivity index (χ0v) is 80.5. The molecule has 0 radical (unpaired) electrons. The number of nitrogens with one attached hydrogen (secondary N) is 4. The number of carbonyl (C=O) groups excluding carboxylic acids is 9. The number of ketones is 2. The van der Waals surface area contributed by atoms with E-state index in [1.807, 2.05) is 0 Å². The quantitative estimate of drug-likeness (QED) is 0.0252. The van der Waals surface area contributed by atoms with Crippen LogP contribution in [0.15, 0.2) is 0 Å². The Hall–Kier alpha value is -6.28. The van der Waals surface area contributed by atoms with Gasteiger partial charge in [-0.15, -0.1) is 0 Å². The van der Waals surface area contributed by atoms with E-state index in [0.29, 0.717) is 18.6 Å².